The summed E-state index contributed by atoms with van der Waals surface area (Å²) in [6, 6.07) is 0.197. The average molecular weight is 254 g/mol. The number of amides is 1. The molecular formula is C15H30N2O. The van der Waals surface area contributed by atoms with Crippen LogP contribution in [0, 0.1) is 23.2 Å². The summed E-state index contributed by atoms with van der Waals surface area (Å²) in [6.07, 6.45) is 2.89. The van der Waals surface area contributed by atoms with E-state index < -0.39 is 0 Å². The summed E-state index contributed by atoms with van der Waals surface area (Å²) < 4.78 is 0. The Hall–Kier alpha value is -0.570. The topological polar surface area (TPSA) is 55.1 Å². The second kappa shape index (κ2) is 6.05. The van der Waals surface area contributed by atoms with Crippen molar-refractivity contribution in [1.29, 1.82) is 0 Å². The second-order valence-corrected chi connectivity index (χ2v) is 7.13. The summed E-state index contributed by atoms with van der Waals surface area (Å²) in [4.78, 5) is 12.2. The van der Waals surface area contributed by atoms with Gasteiger partial charge in [-0.1, -0.05) is 34.6 Å². The minimum absolute atomic E-state index is 0.117. The molecule has 18 heavy (non-hydrogen) atoms. The Kier molecular flexibility index (Phi) is 5.20. The van der Waals surface area contributed by atoms with Gasteiger partial charge in [0.2, 0.25) is 5.91 Å². The van der Waals surface area contributed by atoms with Crippen molar-refractivity contribution in [1.82, 2.24) is 5.32 Å². The van der Waals surface area contributed by atoms with Gasteiger partial charge in [-0.05, 0) is 36.5 Å². The molecule has 3 atom stereocenters. The molecule has 1 rings (SSSR count). The standard InChI is InChI=1S/C15H30N2O/c1-10(2)15(4,5)9-17-14(18)12-6-11(3)7-13(16)8-12/h10-13H,6-9,16H2,1-5H3,(H,17,18). The van der Waals surface area contributed by atoms with Gasteiger partial charge in [-0.2, -0.15) is 0 Å². The maximum atomic E-state index is 12.2. The summed E-state index contributed by atoms with van der Waals surface area (Å²) in [5.41, 5.74) is 6.15. The van der Waals surface area contributed by atoms with Crippen LogP contribution < -0.4 is 11.1 Å². The van der Waals surface area contributed by atoms with Crippen molar-refractivity contribution in [2.75, 3.05) is 6.54 Å². The number of nitrogens with one attached hydrogen (secondary N) is 1. The van der Waals surface area contributed by atoms with E-state index in [2.05, 4.69) is 39.9 Å². The highest BCUT2D eigenvalue weighted by Gasteiger charge is 2.30. The van der Waals surface area contributed by atoms with Gasteiger partial charge in [0.15, 0.2) is 0 Å². The largest absolute Gasteiger partial charge is 0.355 e. The Labute approximate surface area is 112 Å². The fourth-order valence-corrected chi connectivity index (χ4v) is 2.53. The second-order valence-electron chi connectivity index (χ2n) is 7.13. The first-order chi connectivity index (χ1) is 8.22. The third-order valence-electron chi connectivity index (χ3n) is 4.63. The molecular weight excluding hydrogens is 224 g/mol. The molecule has 1 aliphatic carbocycles. The summed E-state index contributed by atoms with van der Waals surface area (Å²) in [6.45, 7) is 11.7. The van der Waals surface area contributed by atoms with Gasteiger partial charge in [-0.3, -0.25) is 4.79 Å². The molecule has 0 heterocycles. The van der Waals surface area contributed by atoms with Crippen LogP contribution in [0.25, 0.3) is 0 Å². The number of carbonyl (C=O) groups is 1. The van der Waals surface area contributed by atoms with E-state index in [9.17, 15) is 4.79 Å². The molecule has 0 radical (unpaired) electrons. The van der Waals surface area contributed by atoms with Gasteiger partial charge >= 0.3 is 0 Å². The molecule has 3 unspecified atom stereocenters. The molecule has 1 saturated carbocycles. The molecule has 1 fully saturated rings. The molecule has 0 spiro atoms. The molecule has 0 aromatic rings. The van der Waals surface area contributed by atoms with Gasteiger partial charge in [-0.15, -0.1) is 0 Å². The smallest absolute Gasteiger partial charge is 0.223 e. The minimum atomic E-state index is 0.117. The van der Waals surface area contributed by atoms with Gasteiger partial charge in [0.1, 0.15) is 0 Å². The van der Waals surface area contributed by atoms with E-state index >= 15 is 0 Å². The zero-order chi connectivity index (χ0) is 13.9. The minimum Gasteiger partial charge on any atom is -0.355 e. The third-order valence-corrected chi connectivity index (χ3v) is 4.63. The van der Waals surface area contributed by atoms with Crippen molar-refractivity contribution >= 4 is 5.91 Å². The van der Waals surface area contributed by atoms with Crippen LogP contribution in [0.2, 0.25) is 0 Å². The van der Waals surface area contributed by atoms with Gasteiger partial charge in [0.05, 0.1) is 0 Å². The molecule has 0 aliphatic heterocycles. The van der Waals surface area contributed by atoms with Gasteiger partial charge < -0.3 is 11.1 Å². The lowest BCUT2D eigenvalue weighted by molar-refractivity contribution is -0.127. The fraction of sp³-hybridized carbons (Fsp3) is 0.933. The van der Waals surface area contributed by atoms with Crippen LogP contribution in [0.1, 0.15) is 53.9 Å². The summed E-state index contributed by atoms with van der Waals surface area (Å²) in [5, 5.41) is 3.12. The van der Waals surface area contributed by atoms with Crippen LogP contribution in [-0.2, 0) is 4.79 Å². The molecule has 3 nitrogen and oxygen atoms in total. The van der Waals surface area contributed by atoms with E-state index in [1.54, 1.807) is 0 Å². The van der Waals surface area contributed by atoms with Gasteiger partial charge in [0, 0.05) is 18.5 Å². The maximum Gasteiger partial charge on any atom is 0.223 e. The Bertz CT molecular complexity index is 276. The molecule has 0 saturated heterocycles. The lowest BCUT2D eigenvalue weighted by atomic mass is 9.78. The summed E-state index contributed by atoms with van der Waals surface area (Å²) in [5.74, 6) is 1.45. The zero-order valence-electron chi connectivity index (χ0n) is 12.6. The zero-order valence-corrected chi connectivity index (χ0v) is 12.6. The third kappa shape index (κ3) is 4.27. The molecule has 1 amide bonds. The van der Waals surface area contributed by atoms with Crippen molar-refractivity contribution in [2.24, 2.45) is 28.9 Å². The van der Waals surface area contributed by atoms with E-state index in [-0.39, 0.29) is 23.3 Å². The monoisotopic (exact) mass is 254 g/mol. The highest BCUT2D eigenvalue weighted by molar-refractivity contribution is 5.78. The maximum absolute atomic E-state index is 12.2. The van der Waals surface area contributed by atoms with Crippen LogP contribution in [0.3, 0.4) is 0 Å². The van der Waals surface area contributed by atoms with Crippen LogP contribution >= 0.6 is 0 Å². The highest BCUT2D eigenvalue weighted by atomic mass is 16.1. The number of carbonyl (C=O) groups excluding carboxylic acids is 1. The first-order valence-corrected chi connectivity index (χ1v) is 7.25. The predicted molar refractivity (Wildman–Crippen MR) is 76.1 cm³/mol. The van der Waals surface area contributed by atoms with Crippen LogP contribution in [0.5, 0.6) is 0 Å². The summed E-state index contributed by atoms with van der Waals surface area (Å²) >= 11 is 0. The molecule has 1 aliphatic rings. The molecule has 0 aromatic carbocycles. The van der Waals surface area contributed by atoms with Crippen molar-refractivity contribution in [2.45, 2.75) is 59.9 Å². The molecule has 3 N–H and O–H groups in total. The first-order valence-electron chi connectivity index (χ1n) is 7.25. The quantitative estimate of drug-likeness (QED) is 0.810. The van der Waals surface area contributed by atoms with Crippen molar-refractivity contribution < 1.29 is 4.79 Å². The SMILES string of the molecule is CC1CC(N)CC(C(=O)NCC(C)(C)C(C)C)C1. The van der Waals surface area contributed by atoms with E-state index in [4.69, 9.17) is 5.73 Å². The Balaban J connectivity index is 2.46. The van der Waals surface area contributed by atoms with Gasteiger partial charge in [0.25, 0.3) is 0 Å². The first kappa shape index (κ1) is 15.5. The number of hydrogen-bond acceptors (Lipinski definition) is 2. The number of hydrogen-bond donors (Lipinski definition) is 2. The number of nitrogens with two attached hydrogens (primary N) is 1. The van der Waals surface area contributed by atoms with E-state index in [1.165, 1.54) is 0 Å². The molecule has 0 aromatic heterocycles. The van der Waals surface area contributed by atoms with Gasteiger partial charge in [-0.25, -0.2) is 0 Å². The normalized spacial score (nSPS) is 29.4. The lowest BCUT2D eigenvalue weighted by Crippen LogP contribution is -2.43. The molecule has 106 valence electrons. The van der Waals surface area contributed by atoms with E-state index in [0.29, 0.717) is 11.8 Å². The van der Waals surface area contributed by atoms with Crippen LogP contribution in [0.15, 0.2) is 0 Å². The van der Waals surface area contributed by atoms with Crippen LogP contribution in [0.4, 0.5) is 0 Å². The van der Waals surface area contributed by atoms with Crippen molar-refractivity contribution in [3.05, 3.63) is 0 Å². The molecule has 0 bridgehead atoms. The lowest BCUT2D eigenvalue weighted by Gasteiger charge is -2.33. The summed E-state index contributed by atoms with van der Waals surface area (Å²) in [7, 11) is 0. The van der Waals surface area contributed by atoms with E-state index in [1.807, 2.05) is 0 Å². The average Bonchev–Trinajstić information content (AvgIpc) is 2.24. The van der Waals surface area contributed by atoms with Crippen molar-refractivity contribution in [3.63, 3.8) is 0 Å². The van der Waals surface area contributed by atoms with Crippen LogP contribution in [-0.4, -0.2) is 18.5 Å². The number of rotatable bonds is 4. The predicted octanol–water partition coefficient (Wildman–Crippen LogP) is 2.55. The Morgan fingerprint density at radius 1 is 1.33 bits per heavy atom. The Morgan fingerprint density at radius 3 is 2.44 bits per heavy atom. The Morgan fingerprint density at radius 2 is 1.94 bits per heavy atom. The molecule has 3 heteroatoms. The highest BCUT2D eigenvalue weighted by Crippen LogP contribution is 2.29. The van der Waals surface area contributed by atoms with E-state index in [0.717, 1.165) is 25.8 Å². The van der Waals surface area contributed by atoms with Crippen molar-refractivity contribution in [3.8, 4) is 0 Å². The fourth-order valence-electron chi connectivity index (χ4n) is 2.53.